The van der Waals surface area contributed by atoms with Crippen LogP contribution < -0.4 is 14.8 Å². The Labute approximate surface area is 166 Å². The van der Waals surface area contributed by atoms with Crippen molar-refractivity contribution in [2.45, 2.75) is 38.6 Å². The summed E-state index contributed by atoms with van der Waals surface area (Å²) in [4.78, 5) is 29.8. The van der Waals surface area contributed by atoms with Gasteiger partial charge in [0.15, 0.2) is 11.5 Å². The largest absolute Gasteiger partial charge is 0.454 e. The first-order valence-corrected chi connectivity index (χ1v) is 10.4. The van der Waals surface area contributed by atoms with Crippen LogP contribution in [0.25, 0.3) is 0 Å². The number of likely N-dealkylation sites (N-methyl/N-ethyl adjacent to an activating group) is 1. The number of nitrogens with one attached hydrogen (secondary N) is 1. The van der Waals surface area contributed by atoms with Gasteiger partial charge < -0.3 is 19.7 Å². The van der Waals surface area contributed by atoms with Crippen LogP contribution in [0.15, 0.2) is 18.2 Å². The number of rotatable bonds is 5. The van der Waals surface area contributed by atoms with Crippen molar-refractivity contribution in [3.05, 3.63) is 23.8 Å². The number of nitrogens with zero attached hydrogens (tertiary/aromatic N) is 2. The fourth-order valence-electron chi connectivity index (χ4n) is 4.65. The average molecular weight is 387 g/mol. The summed E-state index contributed by atoms with van der Waals surface area (Å²) < 4.78 is 10.7. The second-order valence-electron chi connectivity index (χ2n) is 7.78. The maximum atomic E-state index is 12.9. The van der Waals surface area contributed by atoms with Crippen LogP contribution in [0.4, 0.5) is 0 Å². The molecule has 152 valence electrons. The van der Waals surface area contributed by atoms with Gasteiger partial charge in [0.25, 0.3) is 5.91 Å². The van der Waals surface area contributed by atoms with E-state index in [4.69, 9.17) is 9.47 Å². The minimum Gasteiger partial charge on any atom is -0.454 e. The summed E-state index contributed by atoms with van der Waals surface area (Å²) in [6.07, 6.45) is 4.67. The van der Waals surface area contributed by atoms with E-state index in [2.05, 4.69) is 10.2 Å². The summed E-state index contributed by atoms with van der Waals surface area (Å²) in [5.74, 6) is 1.89. The predicted molar refractivity (Wildman–Crippen MR) is 104 cm³/mol. The molecule has 1 aromatic carbocycles. The molecule has 7 heteroatoms. The number of hydrogen-bond acceptors (Lipinski definition) is 5. The molecule has 0 radical (unpaired) electrons. The summed E-state index contributed by atoms with van der Waals surface area (Å²) >= 11 is 0. The molecule has 1 saturated carbocycles. The number of carbonyl (C=O) groups is 2. The molecule has 2 aliphatic heterocycles. The van der Waals surface area contributed by atoms with Crippen molar-refractivity contribution in [1.82, 2.24) is 15.1 Å². The van der Waals surface area contributed by atoms with Crippen molar-refractivity contribution < 1.29 is 19.1 Å². The quantitative estimate of drug-likeness (QED) is 0.835. The summed E-state index contributed by atoms with van der Waals surface area (Å²) in [6.45, 7) is 5.55. The zero-order chi connectivity index (χ0) is 19.5. The molecule has 1 saturated heterocycles. The highest BCUT2D eigenvalue weighted by molar-refractivity contribution is 5.95. The van der Waals surface area contributed by atoms with Crippen molar-refractivity contribution in [2.24, 2.45) is 5.92 Å². The second kappa shape index (κ2) is 8.39. The lowest BCUT2D eigenvalue weighted by atomic mass is 9.95. The van der Waals surface area contributed by atoms with E-state index in [9.17, 15) is 9.59 Å². The maximum absolute atomic E-state index is 12.9. The molecule has 2 amide bonds. The number of benzene rings is 1. The fraction of sp³-hybridized carbons (Fsp3) is 0.619. The Balaban J connectivity index is 1.40. The van der Waals surface area contributed by atoms with Crippen LogP contribution in [0.5, 0.6) is 11.5 Å². The number of ether oxygens (including phenoxy) is 2. The number of hydrogen-bond donors (Lipinski definition) is 1. The Morgan fingerprint density at radius 1 is 1.11 bits per heavy atom. The molecule has 1 atom stereocenters. The van der Waals surface area contributed by atoms with E-state index in [1.165, 1.54) is 12.8 Å². The molecular formula is C21H29N3O4. The lowest BCUT2D eigenvalue weighted by molar-refractivity contribution is -0.129. The molecule has 7 nitrogen and oxygen atoms in total. The molecular weight excluding hydrogens is 358 g/mol. The van der Waals surface area contributed by atoms with Gasteiger partial charge in [-0.25, -0.2) is 0 Å². The van der Waals surface area contributed by atoms with E-state index >= 15 is 0 Å². The van der Waals surface area contributed by atoms with Crippen LogP contribution in [0.3, 0.4) is 0 Å². The van der Waals surface area contributed by atoms with Crippen LogP contribution in [-0.2, 0) is 4.79 Å². The Morgan fingerprint density at radius 3 is 2.54 bits per heavy atom. The third-order valence-corrected chi connectivity index (χ3v) is 6.08. The van der Waals surface area contributed by atoms with E-state index in [0.717, 1.165) is 25.9 Å². The van der Waals surface area contributed by atoms with Gasteiger partial charge in [-0.1, -0.05) is 12.8 Å². The van der Waals surface area contributed by atoms with Gasteiger partial charge in [0, 0.05) is 38.3 Å². The van der Waals surface area contributed by atoms with Gasteiger partial charge in [-0.2, -0.15) is 0 Å². The number of fused-ring (bicyclic) bond motifs is 1. The monoisotopic (exact) mass is 387 g/mol. The van der Waals surface area contributed by atoms with Crippen molar-refractivity contribution >= 4 is 11.8 Å². The van der Waals surface area contributed by atoms with Crippen LogP contribution in [0, 0.1) is 5.92 Å². The van der Waals surface area contributed by atoms with Crippen molar-refractivity contribution in [3.63, 3.8) is 0 Å². The minimum absolute atomic E-state index is 0.00776. The SMILES string of the molecule is CCNC(=O)[C@H](C1CCCC1)N1CCN(C(=O)c2ccc3c(c2)OCO3)CC1. The van der Waals surface area contributed by atoms with Crippen molar-refractivity contribution in [1.29, 1.82) is 0 Å². The summed E-state index contributed by atoms with van der Waals surface area (Å²) in [5.41, 5.74) is 0.619. The Bertz CT molecular complexity index is 724. The van der Waals surface area contributed by atoms with Gasteiger partial charge in [0.2, 0.25) is 12.7 Å². The van der Waals surface area contributed by atoms with Crippen LogP contribution in [0.1, 0.15) is 43.0 Å². The molecule has 1 N–H and O–H groups in total. The van der Waals surface area contributed by atoms with Gasteiger partial charge >= 0.3 is 0 Å². The highest BCUT2D eigenvalue weighted by Crippen LogP contribution is 2.33. The van der Waals surface area contributed by atoms with Crippen LogP contribution >= 0.6 is 0 Å². The smallest absolute Gasteiger partial charge is 0.254 e. The molecule has 0 aromatic heterocycles. The Morgan fingerprint density at radius 2 is 1.82 bits per heavy atom. The second-order valence-corrected chi connectivity index (χ2v) is 7.78. The van der Waals surface area contributed by atoms with Crippen molar-refractivity contribution in [2.75, 3.05) is 39.5 Å². The van der Waals surface area contributed by atoms with E-state index in [0.29, 0.717) is 42.6 Å². The summed E-state index contributed by atoms with van der Waals surface area (Å²) in [5, 5.41) is 3.02. The lowest BCUT2D eigenvalue weighted by Crippen LogP contribution is -2.58. The molecule has 4 rings (SSSR count). The fourth-order valence-corrected chi connectivity index (χ4v) is 4.65. The van der Waals surface area contributed by atoms with E-state index in [1.54, 1.807) is 18.2 Å². The van der Waals surface area contributed by atoms with Gasteiger partial charge in [-0.15, -0.1) is 0 Å². The topological polar surface area (TPSA) is 71.1 Å². The van der Waals surface area contributed by atoms with Crippen LogP contribution in [0.2, 0.25) is 0 Å². The summed E-state index contributed by atoms with van der Waals surface area (Å²) in [7, 11) is 0. The Hall–Kier alpha value is -2.28. The first-order valence-electron chi connectivity index (χ1n) is 10.4. The lowest BCUT2D eigenvalue weighted by Gasteiger charge is -2.40. The highest BCUT2D eigenvalue weighted by Gasteiger charge is 2.37. The average Bonchev–Trinajstić information content (AvgIpc) is 3.40. The van der Waals surface area contributed by atoms with E-state index in [-0.39, 0.29) is 24.6 Å². The summed E-state index contributed by atoms with van der Waals surface area (Å²) in [6, 6.07) is 5.27. The van der Waals surface area contributed by atoms with Gasteiger partial charge in [-0.05, 0) is 43.9 Å². The van der Waals surface area contributed by atoms with Gasteiger partial charge in [0.1, 0.15) is 0 Å². The molecule has 1 aliphatic carbocycles. The number of amides is 2. The molecule has 2 fully saturated rings. The molecule has 28 heavy (non-hydrogen) atoms. The van der Waals surface area contributed by atoms with Crippen molar-refractivity contribution in [3.8, 4) is 11.5 Å². The normalized spacial score (nSPS) is 21.0. The predicted octanol–water partition coefficient (Wildman–Crippen LogP) is 1.87. The van der Waals surface area contributed by atoms with Gasteiger partial charge in [0.05, 0.1) is 6.04 Å². The maximum Gasteiger partial charge on any atom is 0.254 e. The van der Waals surface area contributed by atoms with E-state index in [1.807, 2.05) is 11.8 Å². The van der Waals surface area contributed by atoms with Gasteiger partial charge in [-0.3, -0.25) is 14.5 Å². The van der Waals surface area contributed by atoms with Crippen LogP contribution in [-0.4, -0.2) is 67.2 Å². The highest BCUT2D eigenvalue weighted by atomic mass is 16.7. The molecule has 2 heterocycles. The number of piperazine rings is 1. The molecule has 0 bridgehead atoms. The zero-order valence-electron chi connectivity index (χ0n) is 16.5. The Kier molecular flexibility index (Phi) is 5.71. The first kappa shape index (κ1) is 19.1. The standard InChI is InChI=1S/C21H29N3O4/c1-2-22-20(25)19(15-5-3-4-6-15)23-9-11-24(12-10-23)21(26)16-7-8-17-18(13-16)28-14-27-17/h7-8,13,15,19H,2-6,9-12,14H2,1H3,(H,22,25)/t19-/m0/s1. The minimum atomic E-state index is -0.0646. The van der Waals surface area contributed by atoms with E-state index < -0.39 is 0 Å². The first-order chi connectivity index (χ1) is 13.7. The number of carbonyl (C=O) groups excluding carboxylic acids is 2. The molecule has 3 aliphatic rings. The molecule has 1 aromatic rings. The third kappa shape index (κ3) is 3.81. The zero-order valence-corrected chi connectivity index (χ0v) is 16.5. The third-order valence-electron chi connectivity index (χ3n) is 6.08. The molecule has 0 unspecified atom stereocenters. The molecule has 0 spiro atoms.